The second-order valence-electron chi connectivity index (χ2n) is 13.2. The van der Waals surface area contributed by atoms with Crippen LogP contribution in [-0.4, -0.2) is 82.3 Å². The number of allylic oxidation sites excluding steroid dienone is 1. The number of fused-ring (bicyclic) bond motifs is 2. The van der Waals surface area contributed by atoms with Crippen molar-refractivity contribution in [2.24, 2.45) is 17.3 Å². The average molecular weight is 531 g/mol. The van der Waals surface area contributed by atoms with Gasteiger partial charge < -0.3 is 24.4 Å². The Morgan fingerprint density at radius 3 is 2.50 bits per heavy atom. The van der Waals surface area contributed by atoms with Crippen molar-refractivity contribution in [2.75, 3.05) is 26.3 Å². The van der Waals surface area contributed by atoms with Crippen molar-refractivity contribution in [1.29, 1.82) is 0 Å². The quantitative estimate of drug-likeness (QED) is 0.307. The summed E-state index contributed by atoms with van der Waals surface area (Å²) < 4.78 is 12.3. The maximum atomic E-state index is 14.5. The highest BCUT2D eigenvalue weighted by Gasteiger charge is 2.72. The highest BCUT2D eigenvalue weighted by Crippen LogP contribution is 2.53. The predicted octanol–water partition coefficient (Wildman–Crippen LogP) is 3.63. The molecule has 0 aromatic rings. The fraction of sp³-hybridized carbons (Fsp3) is 0.767. The van der Waals surface area contributed by atoms with Crippen LogP contribution in [0.5, 0.6) is 0 Å². The Bertz CT molecular complexity index is 966. The third kappa shape index (κ3) is 5.44. The van der Waals surface area contributed by atoms with E-state index >= 15 is 0 Å². The number of carbonyl (C=O) groups excluding carboxylic acids is 3. The second kappa shape index (κ2) is 11.1. The molecule has 1 spiro atoms. The van der Waals surface area contributed by atoms with Crippen LogP contribution in [0.15, 0.2) is 24.3 Å². The SMILES string of the molecule is CC(C)(C)CC(C)(C)N1CC=C[C@]23O[C@H]4/C=C\CCCCOC(=O)[C@H]4[C@H]2C(=O)N(CCCCCO)C3C1=O. The fourth-order valence-electron chi connectivity index (χ4n) is 7.16. The van der Waals surface area contributed by atoms with Crippen molar-refractivity contribution in [3.63, 3.8) is 0 Å². The van der Waals surface area contributed by atoms with Crippen molar-refractivity contribution >= 4 is 17.8 Å². The number of rotatable bonds is 7. The van der Waals surface area contributed by atoms with Crippen LogP contribution in [0.3, 0.4) is 0 Å². The van der Waals surface area contributed by atoms with Crippen molar-refractivity contribution in [1.82, 2.24) is 9.80 Å². The van der Waals surface area contributed by atoms with Crippen LogP contribution in [0.4, 0.5) is 0 Å². The Labute approximate surface area is 227 Å². The lowest BCUT2D eigenvalue weighted by Crippen LogP contribution is -2.59. The van der Waals surface area contributed by atoms with Crippen molar-refractivity contribution < 1.29 is 29.0 Å². The number of likely N-dealkylation sites (tertiary alicyclic amines) is 1. The van der Waals surface area contributed by atoms with E-state index in [9.17, 15) is 19.5 Å². The molecule has 1 unspecified atom stereocenters. The van der Waals surface area contributed by atoms with E-state index in [0.29, 0.717) is 32.5 Å². The molecule has 0 aromatic heterocycles. The average Bonchev–Trinajstić information content (AvgIpc) is 3.19. The highest BCUT2D eigenvalue weighted by molar-refractivity contribution is 5.99. The van der Waals surface area contributed by atoms with Crippen LogP contribution < -0.4 is 0 Å². The van der Waals surface area contributed by atoms with Gasteiger partial charge in [-0.3, -0.25) is 14.4 Å². The van der Waals surface area contributed by atoms with E-state index in [1.165, 1.54) is 0 Å². The molecule has 4 aliphatic rings. The van der Waals surface area contributed by atoms with Gasteiger partial charge in [0.25, 0.3) is 0 Å². The Balaban J connectivity index is 1.76. The molecular formula is C30H46N2O6. The van der Waals surface area contributed by atoms with E-state index in [1.807, 2.05) is 29.2 Å². The molecule has 0 radical (unpaired) electrons. The predicted molar refractivity (Wildman–Crippen MR) is 144 cm³/mol. The number of amides is 2. The number of aliphatic hydroxyl groups excluding tert-OH is 1. The van der Waals surface area contributed by atoms with Crippen molar-refractivity contribution in [3.8, 4) is 0 Å². The number of aliphatic hydroxyl groups is 1. The van der Waals surface area contributed by atoms with E-state index in [0.717, 1.165) is 32.1 Å². The second-order valence-corrected chi connectivity index (χ2v) is 13.2. The summed E-state index contributed by atoms with van der Waals surface area (Å²) in [6.45, 7) is 11.9. The van der Waals surface area contributed by atoms with E-state index in [2.05, 4.69) is 34.6 Å². The monoisotopic (exact) mass is 530 g/mol. The molecule has 0 bridgehead atoms. The topological polar surface area (TPSA) is 96.4 Å². The largest absolute Gasteiger partial charge is 0.465 e. The number of hydrogen-bond acceptors (Lipinski definition) is 6. The van der Waals surface area contributed by atoms with Crippen molar-refractivity contribution in [2.45, 2.75) is 103 Å². The minimum absolute atomic E-state index is 0.00360. The summed E-state index contributed by atoms with van der Waals surface area (Å²) in [4.78, 5) is 45.6. The highest BCUT2D eigenvalue weighted by atomic mass is 16.6. The summed E-state index contributed by atoms with van der Waals surface area (Å²) in [6, 6.07) is -0.856. The summed E-state index contributed by atoms with van der Waals surface area (Å²) >= 11 is 0. The maximum absolute atomic E-state index is 14.5. The van der Waals surface area contributed by atoms with Gasteiger partial charge in [0.15, 0.2) is 0 Å². The van der Waals surface area contributed by atoms with Crippen LogP contribution in [0.25, 0.3) is 0 Å². The first-order valence-electron chi connectivity index (χ1n) is 14.3. The first kappa shape index (κ1) is 28.8. The molecule has 4 aliphatic heterocycles. The number of carbonyl (C=O) groups is 3. The van der Waals surface area contributed by atoms with Gasteiger partial charge in [-0.05, 0) is 64.2 Å². The molecule has 38 heavy (non-hydrogen) atoms. The van der Waals surface area contributed by atoms with Gasteiger partial charge in [0.2, 0.25) is 11.8 Å². The van der Waals surface area contributed by atoms with Crippen LogP contribution in [0, 0.1) is 17.3 Å². The molecule has 4 heterocycles. The summed E-state index contributed by atoms with van der Waals surface area (Å²) in [5, 5.41) is 9.25. The maximum Gasteiger partial charge on any atom is 0.312 e. The minimum atomic E-state index is -1.23. The first-order valence-corrected chi connectivity index (χ1v) is 14.3. The molecule has 4 rings (SSSR count). The molecule has 8 nitrogen and oxygen atoms in total. The molecular weight excluding hydrogens is 484 g/mol. The van der Waals surface area contributed by atoms with Crippen LogP contribution in [0.2, 0.25) is 0 Å². The smallest absolute Gasteiger partial charge is 0.312 e. The van der Waals surface area contributed by atoms with Gasteiger partial charge in [0.05, 0.1) is 18.6 Å². The molecule has 2 amide bonds. The summed E-state index contributed by atoms with van der Waals surface area (Å²) in [7, 11) is 0. The molecule has 1 N–H and O–H groups in total. The fourth-order valence-corrected chi connectivity index (χ4v) is 7.16. The normalized spacial score (nSPS) is 32.9. The lowest BCUT2D eigenvalue weighted by Gasteiger charge is -2.44. The van der Waals surface area contributed by atoms with E-state index in [-0.39, 0.29) is 23.8 Å². The van der Waals surface area contributed by atoms with Gasteiger partial charge in [-0.15, -0.1) is 0 Å². The number of esters is 1. The zero-order chi connectivity index (χ0) is 27.7. The van der Waals surface area contributed by atoms with Gasteiger partial charge >= 0.3 is 5.97 Å². The Kier molecular flexibility index (Phi) is 8.43. The summed E-state index contributed by atoms with van der Waals surface area (Å²) in [5.41, 5.74) is -1.69. The standard InChI is InChI=1S/C30H46N2O6/c1-28(2,3)20-29(4,5)32-17-13-15-30-23(22-21(38-30)14-9-6-7-12-19-37-27(22)36)25(34)31(24(30)26(32)35)16-10-8-11-18-33/h9,13-15,21-24,33H,6-8,10-12,16-20H2,1-5H3/b14-9-/t21-,22+,23-,24?,30-/m0/s1. The molecule has 5 atom stereocenters. The molecule has 0 saturated carbocycles. The number of nitrogens with zero attached hydrogens (tertiary/aromatic N) is 2. The van der Waals surface area contributed by atoms with Gasteiger partial charge in [0.1, 0.15) is 17.6 Å². The van der Waals surface area contributed by atoms with Crippen LogP contribution in [-0.2, 0) is 23.9 Å². The van der Waals surface area contributed by atoms with E-state index in [1.54, 1.807) is 4.90 Å². The van der Waals surface area contributed by atoms with Crippen LogP contribution >= 0.6 is 0 Å². The first-order chi connectivity index (χ1) is 17.9. The van der Waals surface area contributed by atoms with Crippen molar-refractivity contribution in [3.05, 3.63) is 24.3 Å². The lowest BCUT2D eigenvalue weighted by molar-refractivity contribution is -0.156. The third-order valence-electron chi connectivity index (χ3n) is 8.35. The van der Waals surface area contributed by atoms with Gasteiger partial charge in [-0.2, -0.15) is 0 Å². The molecule has 0 aromatic carbocycles. The van der Waals surface area contributed by atoms with Crippen LogP contribution in [0.1, 0.15) is 79.6 Å². The number of unbranched alkanes of at least 4 members (excludes halogenated alkanes) is 2. The van der Waals surface area contributed by atoms with E-state index < -0.39 is 41.1 Å². The summed E-state index contributed by atoms with van der Waals surface area (Å²) in [6.07, 6.45) is 12.5. The Hall–Kier alpha value is -2.19. The third-order valence-corrected chi connectivity index (χ3v) is 8.35. The Morgan fingerprint density at radius 2 is 1.79 bits per heavy atom. The molecule has 0 aliphatic carbocycles. The Morgan fingerprint density at radius 1 is 1.03 bits per heavy atom. The number of ether oxygens (including phenoxy) is 2. The van der Waals surface area contributed by atoms with E-state index in [4.69, 9.17) is 9.47 Å². The summed E-state index contributed by atoms with van der Waals surface area (Å²) in [5.74, 6) is -2.40. The zero-order valence-electron chi connectivity index (χ0n) is 23.8. The number of cyclic esters (lactones) is 1. The molecule has 2 fully saturated rings. The number of hydrogen-bond donors (Lipinski definition) is 1. The van der Waals surface area contributed by atoms with Gasteiger partial charge in [-0.1, -0.05) is 45.1 Å². The van der Waals surface area contributed by atoms with Gasteiger partial charge in [-0.25, -0.2) is 0 Å². The van der Waals surface area contributed by atoms with Gasteiger partial charge in [0, 0.05) is 25.2 Å². The minimum Gasteiger partial charge on any atom is -0.465 e. The zero-order valence-corrected chi connectivity index (χ0v) is 23.8. The molecule has 212 valence electrons. The lowest BCUT2D eigenvalue weighted by atomic mass is 9.77. The molecule has 8 heteroatoms. The molecule has 2 saturated heterocycles.